The highest BCUT2D eigenvalue weighted by molar-refractivity contribution is 7.80. The van der Waals surface area contributed by atoms with Crippen LogP contribution in [0.25, 0.3) is 0 Å². The van der Waals surface area contributed by atoms with Crippen LogP contribution in [0.1, 0.15) is 24.8 Å². The average Bonchev–Trinajstić information content (AvgIpc) is 2.75. The number of carbonyl (C=O) groups excluding carboxylic acids is 2. The summed E-state index contributed by atoms with van der Waals surface area (Å²) in [6, 6.07) is 17.1. The molecule has 30 heavy (non-hydrogen) atoms. The topological polar surface area (TPSA) is 76.7 Å². The Balaban J connectivity index is 1.59. The van der Waals surface area contributed by atoms with Gasteiger partial charge in [0.1, 0.15) is 12.4 Å². The summed E-state index contributed by atoms with van der Waals surface area (Å²) in [5, 5.41) is 5.62. The van der Waals surface area contributed by atoms with Crippen molar-refractivity contribution in [2.45, 2.75) is 25.7 Å². The highest BCUT2D eigenvalue weighted by atomic mass is 32.1. The molecule has 0 heterocycles. The fourth-order valence-electron chi connectivity index (χ4n) is 2.54. The van der Waals surface area contributed by atoms with Crippen LogP contribution in [0.4, 0.5) is 5.69 Å². The summed E-state index contributed by atoms with van der Waals surface area (Å²) < 4.78 is 10.6. The highest BCUT2D eigenvalue weighted by Crippen LogP contribution is 2.15. The molecule has 0 saturated heterocycles. The van der Waals surface area contributed by atoms with Gasteiger partial charge in [0, 0.05) is 12.1 Å². The number of benzene rings is 2. The van der Waals surface area contributed by atoms with Gasteiger partial charge in [0.15, 0.2) is 5.11 Å². The monoisotopic (exact) mass is 426 g/mol. The van der Waals surface area contributed by atoms with Gasteiger partial charge in [0.2, 0.25) is 5.91 Å². The molecule has 0 radical (unpaired) electrons. The van der Waals surface area contributed by atoms with Crippen molar-refractivity contribution in [3.63, 3.8) is 0 Å². The van der Waals surface area contributed by atoms with Crippen LogP contribution in [0, 0.1) is 0 Å². The maximum atomic E-state index is 12.0. The molecule has 0 aliphatic rings. The second kappa shape index (κ2) is 13.1. The van der Waals surface area contributed by atoms with E-state index in [-0.39, 0.29) is 23.9 Å². The van der Waals surface area contributed by atoms with Gasteiger partial charge in [-0.25, -0.2) is 0 Å². The average molecular weight is 427 g/mol. The molecule has 0 aliphatic heterocycles. The van der Waals surface area contributed by atoms with Crippen molar-refractivity contribution < 1.29 is 19.1 Å². The Bertz CT molecular complexity index is 838. The molecule has 0 aromatic heterocycles. The van der Waals surface area contributed by atoms with Crippen LogP contribution in [-0.2, 0) is 20.7 Å². The number of nitrogens with one attached hydrogen (secondary N) is 2. The lowest BCUT2D eigenvalue weighted by atomic mass is 10.1. The van der Waals surface area contributed by atoms with E-state index >= 15 is 0 Å². The maximum Gasteiger partial charge on any atom is 0.306 e. The molecule has 2 aromatic rings. The lowest BCUT2D eigenvalue weighted by Gasteiger charge is -2.10. The molecule has 0 aliphatic carbocycles. The number of amides is 1. The second-order valence-electron chi connectivity index (χ2n) is 6.44. The number of aryl methyl sites for hydroxylation is 1. The predicted octanol–water partition coefficient (Wildman–Crippen LogP) is 4.02. The van der Waals surface area contributed by atoms with E-state index in [1.165, 1.54) is 5.56 Å². The molecule has 1 amide bonds. The highest BCUT2D eigenvalue weighted by Gasteiger charge is 2.10. The van der Waals surface area contributed by atoms with Crippen LogP contribution < -0.4 is 15.4 Å². The maximum absolute atomic E-state index is 12.0. The third-order valence-electron chi connectivity index (χ3n) is 4.00. The van der Waals surface area contributed by atoms with Crippen molar-refractivity contribution >= 4 is 34.9 Å². The molecule has 158 valence electrons. The van der Waals surface area contributed by atoms with Crippen molar-refractivity contribution in [1.82, 2.24) is 5.32 Å². The zero-order valence-electron chi connectivity index (χ0n) is 16.8. The molecule has 0 saturated carbocycles. The number of hydrogen-bond acceptors (Lipinski definition) is 5. The summed E-state index contributed by atoms with van der Waals surface area (Å²) in [4.78, 5) is 23.7. The molecule has 0 bridgehead atoms. The Morgan fingerprint density at radius 2 is 1.77 bits per heavy atom. The summed E-state index contributed by atoms with van der Waals surface area (Å²) in [6.07, 6.45) is 3.27. The van der Waals surface area contributed by atoms with Gasteiger partial charge in [-0.3, -0.25) is 9.59 Å². The predicted molar refractivity (Wildman–Crippen MR) is 121 cm³/mol. The number of anilines is 1. The molecule has 6 nitrogen and oxygen atoms in total. The second-order valence-corrected chi connectivity index (χ2v) is 6.84. The van der Waals surface area contributed by atoms with Crippen LogP contribution in [0.3, 0.4) is 0 Å². The summed E-state index contributed by atoms with van der Waals surface area (Å²) in [5.74, 6) is -0.0374. The van der Waals surface area contributed by atoms with Crippen LogP contribution in [0.2, 0.25) is 0 Å². The molecule has 2 N–H and O–H groups in total. The van der Waals surface area contributed by atoms with E-state index in [4.69, 9.17) is 21.7 Å². The zero-order chi connectivity index (χ0) is 21.6. The van der Waals surface area contributed by atoms with Gasteiger partial charge < -0.3 is 20.1 Å². The van der Waals surface area contributed by atoms with Crippen molar-refractivity contribution in [2.75, 3.05) is 18.5 Å². The molecular formula is C23H26N2O4S. The summed E-state index contributed by atoms with van der Waals surface area (Å²) >= 11 is 5.12. The first-order valence-electron chi connectivity index (χ1n) is 9.71. The van der Waals surface area contributed by atoms with E-state index in [0.717, 1.165) is 12.8 Å². The van der Waals surface area contributed by atoms with Crippen molar-refractivity contribution in [2.24, 2.45) is 0 Å². The number of ether oxygens (including phenoxy) is 2. The van der Waals surface area contributed by atoms with E-state index < -0.39 is 5.97 Å². The zero-order valence-corrected chi connectivity index (χ0v) is 17.6. The Morgan fingerprint density at radius 1 is 1.03 bits per heavy atom. The molecule has 0 atom stereocenters. The minimum Gasteiger partial charge on any atom is -0.490 e. The van der Waals surface area contributed by atoms with Crippen molar-refractivity contribution in [3.8, 4) is 5.75 Å². The first kappa shape index (κ1) is 23.1. The minimum atomic E-state index is -0.396. The Labute approximate surface area is 182 Å². The number of carbonyl (C=O) groups is 2. The molecule has 0 spiro atoms. The van der Waals surface area contributed by atoms with E-state index in [1.54, 1.807) is 30.3 Å². The summed E-state index contributed by atoms with van der Waals surface area (Å²) in [6.45, 7) is 4.35. The van der Waals surface area contributed by atoms with Crippen LogP contribution in [-0.4, -0.2) is 30.2 Å². The van der Waals surface area contributed by atoms with Gasteiger partial charge in [0.25, 0.3) is 0 Å². The quantitative estimate of drug-likeness (QED) is 0.245. The minimum absolute atomic E-state index is 0.00761. The van der Waals surface area contributed by atoms with Crippen LogP contribution in [0.5, 0.6) is 5.75 Å². The van der Waals surface area contributed by atoms with Gasteiger partial charge >= 0.3 is 5.97 Å². The summed E-state index contributed by atoms with van der Waals surface area (Å²) in [7, 11) is 0. The van der Waals surface area contributed by atoms with Gasteiger partial charge in [-0.1, -0.05) is 43.0 Å². The molecule has 0 unspecified atom stereocenters. The number of esters is 1. The number of hydrogen-bond donors (Lipinski definition) is 2. The van der Waals surface area contributed by atoms with Gasteiger partial charge in [-0.2, -0.15) is 0 Å². The van der Waals surface area contributed by atoms with E-state index in [2.05, 4.69) is 17.2 Å². The fraction of sp³-hybridized carbons (Fsp3) is 0.261. The van der Waals surface area contributed by atoms with Crippen LogP contribution >= 0.6 is 12.2 Å². The van der Waals surface area contributed by atoms with E-state index in [9.17, 15) is 9.59 Å². The van der Waals surface area contributed by atoms with Crippen molar-refractivity contribution in [3.05, 3.63) is 72.8 Å². The first-order chi connectivity index (χ1) is 14.6. The SMILES string of the molecule is C=CCOc1ccc(NC(=S)NC(=O)CCC(=O)OCCCc2ccccc2)cc1. The molecule has 2 rings (SSSR count). The Hall–Kier alpha value is -3.19. The van der Waals surface area contributed by atoms with Gasteiger partial charge in [-0.15, -0.1) is 0 Å². The molecule has 7 heteroatoms. The molecular weight excluding hydrogens is 400 g/mol. The Morgan fingerprint density at radius 3 is 2.47 bits per heavy atom. The van der Waals surface area contributed by atoms with Crippen LogP contribution in [0.15, 0.2) is 67.3 Å². The van der Waals surface area contributed by atoms with Gasteiger partial charge in [0.05, 0.1) is 13.0 Å². The molecule has 0 fully saturated rings. The summed E-state index contributed by atoms with van der Waals surface area (Å²) in [5.41, 5.74) is 1.91. The Kier molecular flexibility index (Phi) is 10.1. The molecule has 2 aromatic carbocycles. The lowest BCUT2D eigenvalue weighted by Crippen LogP contribution is -2.34. The third-order valence-corrected chi connectivity index (χ3v) is 4.21. The normalized spacial score (nSPS) is 10.0. The largest absolute Gasteiger partial charge is 0.490 e. The van der Waals surface area contributed by atoms with Crippen molar-refractivity contribution in [1.29, 1.82) is 0 Å². The standard InChI is InChI=1S/C23H26N2O4S/c1-2-16-28-20-12-10-19(11-13-20)24-23(30)25-21(26)14-15-22(27)29-17-6-9-18-7-4-3-5-8-18/h2-5,7-8,10-13H,1,6,9,14-17H2,(H2,24,25,26,30). The van der Waals surface area contributed by atoms with E-state index in [1.807, 2.05) is 30.3 Å². The fourth-order valence-corrected chi connectivity index (χ4v) is 2.77. The third kappa shape index (κ3) is 9.34. The van der Waals surface area contributed by atoms with Gasteiger partial charge in [-0.05, 0) is 54.9 Å². The first-order valence-corrected chi connectivity index (χ1v) is 10.1. The number of rotatable bonds is 11. The smallest absolute Gasteiger partial charge is 0.306 e. The number of thiocarbonyl (C=S) groups is 1. The van der Waals surface area contributed by atoms with E-state index in [0.29, 0.717) is 24.7 Å². The lowest BCUT2D eigenvalue weighted by molar-refractivity contribution is -0.145.